The molecule has 200 valence electrons. The molecule has 0 radical (unpaired) electrons. The minimum Gasteiger partial charge on any atom is -0.497 e. The van der Waals surface area contributed by atoms with Crippen molar-refractivity contribution in [3.63, 3.8) is 0 Å². The zero-order valence-electron chi connectivity index (χ0n) is 22.4. The highest BCUT2D eigenvalue weighted by Crippen LogP contribution is 2.34. The largest absolute Gasteiger partial charge is 0.497 e. The molecule has 3 amide bonds. The fourth-order valence-corrected chi connectivity index (χ4v) is 5.24. The standard InChI is InChI=1S/C30H35N3O4S/c1-5-30(2,3)32-29(36)27(22-11-7-12-24(18-22)37-4)33(23-15-14-20-9-6-10-21(20)17-23)26(34)19-31-28(35)25-13-8-16-38-25/h7-8,11-18,27H,5-6,9-10,19H2,1-4H3,(H,31,35)(H,32,36). The molecule has 7 nitrogen and oxygen atoms in total. The minimum absolute atomic E-state index is 0.251. The number of thiophene rings is 1. The van der Waals surface area contributed by atoms with Crippen LogP contribution in [0.3, 0.4) is 0 Å². The van der Waals surface area contributed by atoms with E-state index in [1.165, 1.54) is 27.4 Å². The molecule has 8 heteroatoms. The van der Waals surface area contributed by atoms with E-state index in [1.54, 1.807) is 31.4 Å². The minimum atomic E-state index is -0.971. The van der Waals surface area contributed by atoms with Gasteiger partial charge >= 0.3 is 0 Å². The third-order valence-corrected chi connectivity index (χ3v) is 7.90. The lowest BCUT2D eigenvalue weighted by molar-refractivity contribution is -0.127. The van der Waals surface area contributed by atoms with Gasteiger partial charge in [0.25, 0.3) is 5.91 Å². The van der Waals surface area contributed by atoms with Crippen LogP contribution in [0.5, 0.6) is 5.75 Å². The molecule has 1 aromatic heterocycles. The van der Waals surface area contributed by atoms with E-state index in [1.807, 2.05) is 56.5 Å². The lowest BCUT2D eigenvalue weighted by Gasteiger charge is -2.35. The number of nitrogens with one attached hydrogen (secondary N) is 2. The van der Waals surface area contributed by atoms with Gasteiger partial charge < -0.3 is 15.4 Å². The first-order valence-corrected chi connectivity index (χ1v) is 13.8. The highest BCUT2D eigenvalue weighted by atomic mass is 32.1. The van der Waals surface area contributed by atoms with Crippen molar-refractivity contribution in [2.45, 2.75) is 58.0 Å². The van der Waals surface area contributed by atoms with Crippen LogP contribution in [-0.2, 0) is 22.4 Å². The first kappa shape index (κ1) is 27.4. The van der Waals surface area contributed by atoms with E-state index in [0.29, 0.717) is 28.3 Å². The van der Waals surface area contributed by atoms with Gasteiger partial charge in [0.1, 0.15) is 11.8 Å². The van der Waals surface area contributed by atoms with Gasteiger partial charge in [0.15, 0.2) is 0 Å². The number of benzene rings is 2. The molecule has 2 N–H and O–H groups in total. The Morgan fingerprint density at radius 2 is 1.84 bits per heavy atom. The molecule has 0 aliphatic heterocycles. The Hall–Kier alpha value is -3.65. The number of carbonyl (C=O) groups excluding carboxylic acids is 3. The molecule has 1 heterocycles. The van der Waals surface area contributed by atoms with E-state index in [2.05, 4.69) is 10.6 Å². The fraction of sp³-hybridized carbons (Fsp3) is 0.367. The molecule has 1 aliphatic rings. The Bertz CT molecular complexity index is 1300. The van der Waals surface area contributed by atoms with Crippen LogP contribution in [0.4, 0.5) is 5.69 Å². The van der Waals surface area contributed by atoms with Crippen LogP contribution in [0.15, 0.2) is 60.0 Å². The first-order valence-electron chi connectivity index (χ1n) is 12.9. The molecule has 4 rings (SSSR count). The zero-order chi connectivity index (χ0) is 27.3. The van der Waals surface area contributed by atoms with Crippen LogP contribution in [0.2, 0.25) is 0 Å². The molecule has 0 saturated heterocycles. The number of nitrogens with zero attached hydrogens (tertiary/aromatic N) is 1. The second kappa shape index (κ2) is 11.8. The van der Waals surface area contributed by atoms with Crippen molar-refractivity contribution in [3.8, 4) is 5.75 Å². The summed E-state index contributed by atoms with van der Waals surface area (Å²) >= 11 is 1.31. The molecular formula is C30H35N3O4S. The maximum atomic E-state index is 14.0. The van der Waals surface area contributed by atoms with Crippen LogP contribution in [0, 0.1) is 0 Å². The summed E-state index contributed by atoms with van der Waals surface area (Å²) in [4.78, 5) is 42.6. The summed E-state index contributed by atoms with van der Waals surface area (Å²) < 4.78 is 5.44. The maximum absolute atomic E-state index is 14.0. The molecule has 1 unspecified atom stereocenters. The van der Waals surface area contributed by atoms with Gasteiger partial charge in [-0.15, -0.1) is 11.3 Å². The van der Waals surface area contributed by atoms with E-state index < -0.39 is 11.6 Å². The quantitative estimate of drug-likeness (QED) is 0.382. The highest BCUT2D eigenvalue weighted by Gasteiger charge is 2.35. The lowest BCUT2D eigenvalue weighted by Crippen LogP contribution is -2.52. The van der Waals surface area contributed by atoms with Gasteiger partial charge in [-0.05, 0) is 91.9 Å². The summed E-state index contributed by atoms with van der Waals surface area (Å²) in [6, 6.07) is 15.7. The normalized spacial score (nSPS) is 13.4. The Morgan fingerprint density at radius 3 is 2.55 bits per heavy atom. The second-order valence-electron chi connectivity index (χ2n) is 10.1. The fourth-order valence-electron chi connectivity index (χ4n) is 4.60. The molecular weight excluding hydrogens is 498 g/mol. The zero-order valence-corrected chi connectivity index (χ0v) is 23.2. The van der Waals surface area contributed by atoms with Crippen molar-refractivity contribution >= 4 is 34.7 Å². The van der Waals surface area contributed by atoms with Crippen LogP contribution < -0.4 is 20.3 Å². The average Bonchev–Trinajstić information content (AvgIpc) is 3.62. The summed E-state index contributed by atoms with van der Waals surface area (Å²) in [7, 11) is 1.57. The Kier molecular flexibility index (Phi) is 8.52. The average molecular weight is 534 g/mol. The van der Waals surface area contributed by atoms with E-state index in [-0.39, 0.29) is 24.3 Å². The van der Waals surface area contributed by atoms with Gasteiger partial charge in [-0.3, -0.25) is 19.3 Å². The predicted molar refractivity (Wildman–Crippen MR) is 151 cm³/mol. The smallest absolute Gasteiger partial charge is 0.261 e. The number of hydrogen-bond donors (Lipinski definition) is 2. The Morgan fingerprint density at radius 1 is 1.05 bits per heavy atom. The number of ether oxygens (including phenoxy) is 1. The third kappa shape index (κ3) is 6.25. The number of anilines is 1. The van der Waals surface area contributed by atoms with Gasteiger partial charge in [0.2, 0.25) is 11.8 Å². The topological polar surface area (TPSA) is 87.7 Å². The van der Waals surface area contributed by atoms with Gasteiger partial charge in [-0.1, -0.05) is 31.2 Å². The third-order valence-electron chi connectivity index (χ3n) is 7.04. The number of rotatable bonds is 10. The van der Waals surface area contributed by atoms with Crippen molar-refractivity contribution in [1.82, 2.24) is 10.6 Å². The molecule has 1 aliphatic carbocycles. The van der Waals surface area contributed by atoms with Gasteiger partial charge in [0, 0.05) is 11.2 Å². The van der Waals surface area contributed by atoms with Gasteiger partial charge in [-0.2, -0.15) is 0 Å². The van der Waals surface area contributed by atoms with Crippen LogP contribution in [0.1, 0.15) is 66.0 Å². The number of aryl methyl sites for hydroxylation is 2. The van der Waals surface area contributed by atoms with E-state index in [4.69, 9.17) is 4.74 Å². The number of hydrogen-bond acceptors (Lipinski definition) is 5. The number of amides is 3. The Labute approximate surface area is 228 Å². The van der Waals surface area contributed by atoms with E-state index in [0.717, 1.165) is 19.3 Å². The van der Waals surface area contributed by atoms with E-state index in [9.17, 15) is 14.4 Å². The van der Waals surface area contributed by atoms with Crippen molar-refractivity contribution in [1.29, 1.82) is 0 Å². The SMILES string of the molecule is CCC(C)(C)NC(=O)C(c1cccc(OC)c1)N(C(=O)CNC(=O)c1cccs1)c1ccc2c(c1)CCC2. The number of carbonyl (C=O) groups is 3. The molecule has 0 bridgehead atoms. The van der Waals surface area contributed by atoms with Crippen molar-refractivity contribution in [2.75, 3.05) is 18.6 Å². The van der Waals surface area contributed by atoms with Crippen molar-refractivity contribution in [3.05, 3.63) is 81.5 Å². The summed E-state index contributed by atoms with van der Waals surface area (Å²) in [6.07, 6.45) is 3.71. The van der Waals surface area contributed by atoms with Gasteiger partial charge in [-0.25, -0.2) is 0 Å². The number of methoxy groups -OCH3 is 1. The molecule has 0 saturated carbocycles. The Balaban J connectivity index is 1.76. The summed E-state index contributed by atoms with van der Waals surface area (Å²) in [5.74, 6) is -0.423. The van der Waals surface area contributed by atoms with Crippen LogP contribution in [-0.4, -0.2) is 36.9 Å². The predicted octanol–water partition coefficient (Wildman–Crippen LogP) is 5.05. The molecule has 2 aromatic carbocycles. The van der Waals surface area contributed by atoms with Gasteiger partial charge in [0.05, 0.1) is 18.5 Å². The second-order valence-corrected chi connectivity index (χ2v) is 11.1. The molecule has 0 spiro atoms. The van der Waals surface area contributed by atoms with Crippen LogP contribution >= 0.6 is 11.3 Å². The highest BCUT2D eigenvalue weighted by molar-refractivity contribution is 7.12. The van der Waals surface area contributed by atoms with Crippen LogP contribution in [0.25, 0.3) is 0 Å². The molecule has 3 aromatic rings. The van der Waals surface area contributed by atoms with Crippen molar-refractivity contribution in [2.24, 2.45) is 0 Å². The van der Waals surface area contributed by atoms with E-state index >= 15 is 0 Å². The first-order chi connectivity index (χ1) is 18.2. The summed E-state index contributed by atoms with van der Waals surface area (Å²) in [5, 5.41) is 7.68. The molecule has 1 atom stereocenters. The number of fused-ring (bicyclic) bond motifs is 1. The molecule has 0 fully saturated rings. The maximum Gasteiger partial charge on any atom is 0.261 e. The summed E-state index contributed by atoms with van der Waals surface area (Å²) in [5.41, 5.74) is 3.21. The molecule has 38 heavy (non-hydrogen) atoms. The summed E-state index contributed by atoms with van der Waals surface area (Å²) in [6.45, 7) is 5.66. The van der Waals surface area contributed by atoms with Crippen molar-refractivity contribution < 1.29 is 19.1 Å². The monoisotopic (exact) mass is 533 g/mol. The lowest BCUT2D eigenvalue weighted by atomic mass is 9.97.